The highest BCUT2D eigenvalue weighted by atomic mass is 16.5. The van der Waals surface area contributed by atoms with Crippen molar-refractivity contribution in [2.24, 2.45) is 5.92 Å². The van der Waals surface area contributed by atoms with Crippen molar-refractivity contribution in [1.82, 2.24) is 0 Å². The second-order valence-corrected chi connectivity index (χ2v) is 5.14. The average Bonchev–Trinajstić information content (AvgIpc) is 3.12. The minimum Gasteiger partial charge on any atom is -0.497 e. The van der Waals surface area contributed by atoms with Crippen LogP contribution in [0.5, 0.6) is 5.75 Å². The van der Waals surface area contributed by atoms with E-state index in [1.54, 1.807) is 14.0 Å². The molecule has 18 heavy (non-hydrogen) atoms. The highest BCUT2D eigenvalue weighted by Crippen LogP contribution is 2.38. The van der Waals surface area contributed by atoms with Gasteiger partial charge in [0.15, 0.2) is 0 Å². The summed E-state index contributed by atoms with van der Waals surface area (Å²) in [4.78, 5) is 11.4. The van der Waals surface area contributed by atoms with E-state index in [-0.39, 0.29) is 0 Å². The summed E-state index contributed by atoms with van der Waals surface area (Å²) >= 11 is 0. The Labute approximate surface area is 107 Å². The van der Waals surface area contributed by atoms with Gasteiger partial charge in [-0.3, -0.25) is 0 Å². The van der Waals surface area contributed by atoms with Crippen molar-refractivity contribution in [3.05, 3.63) is 24.3 Å². The molecule has 2 rings (SSSR count). The lowest BCUT2D eigenvalue weighted by Gasteiger charge is -2.27. The van der Waals surface area contributed by atoms with Crippen molar-refractivity contribution in [3.8, 4) is 5.75 Å². The van der Waals surface area contributed by atoms with Gasteiger partial charge in [0.1, 0.15) is 11.3 Å². The Bertz CT molecular complexity index is 442. The molecule has 1 aromatic carbocycles. The Morgan fingerprint density at radius 2 is 2.28 bits per heavy atom. The van der Waals surface area contributed by atoms with Crippen LogP contribution in [0.1, 0.15) is 26.2 Å². The van der Waals surface area contributed by atoms with Gasteiger partial charge in [0.2, 0.25) is 0 Å². The second kappa shape index (κ2) is 4.88. The topological polar surface area (TPSA) is 58.6 Å². The number of methoxy groups -OCH3 is 1. The predicted molar refractivity (Wildman–Crippen MR) is 70.0 cm³/mol. The molecule has 1 aliphatic carbocycles. The van der Waals surface area contributed by atoms with Crippen LogP contribution in [0, 0.1) is 5.92 Å². The number of hydrogen-bond donors (Lipinski definition) is 2. The first kappa shape index (κ1) is 12.7. The van der Waals surface area contributed by atoms with E-state index in [1.807, 2.05) is 24.3 Å². The molecule has 2 N–H and O–H groups in total. The summed E-state index contributed by atoms with van der Waals surface area (Å²) in [6.07, 6.45) is 2.95. The Hall–Kier alpha value is -1.71. The summed E-state index contributed by atoms with van der Waals surface area (Å²) in [7, 11) is 1.60. The summed E-state index contributed by atoms with van der Waals surface area (Å²) in [6, 6.07) is 7.36. The molecule has 4 heteroatoms. The van der Waals surface area contributed by atoms with E-state index in [0.717, 1.165) is 24.3 Å². The van der Waals surface area contributed by atoms with Gasteiger partial charge in [-0.05, 0) is 31.4 Å². The third-order valence-electron chi connectivity index (χ3n) is 3.36. The van der Waals surface area contributed by atoms with E-state index in [9.17, 15) is 9.90 Å². The van der Waals surface area contributed by atoms with Crippen molar-refractivity contribution in [2.75, 3.05) is 12.4 Å². The van der Waals surface area contributed by atoms with Gasteiger partial charge in [0, 0.05) is 11.8 Å². The normalized spacial score (nSPS) is 17.9. The zero-order chi connectivity index (χ0) is 13.2. The fourth-order valence-corrected chi connectivity index (χ4v) is 2.11. The molecule has 0 amide bonds. The van der Waals surface area contributed by atoms with Gasteiger partial charge in [-0.2, -0.15) is 0 Å². The molecule has 0 aliphatic heterocycles. The van der Waals surface area contributed by atoms with Crippen molar-refractivity contribution in [2.45, 2.75) is 31.7 Å². The van der Waals surface area contributed by atoms with Crippen molar-refractivity contribution < 1.29 is 14.6 Å². The van der Waals surface area contributed by atoms with Gasteiger partial charge in [-0.15, -0.1) is 0 Å². The molecule has 4 nitrogen and oxygen atoms in total. The number of benzene rings is 1. The number of rotatable bonds is 6. The highest BCUT2D eigenvalue weighted by Gasteiger charge is 2.39. The molecule has 0 spiro atoms. The molecule has 98 valence electrons. The van der Waals surface area contributed by atoms with Crippen molar-refractivity contribution in [1.29, 1.82) is 0 Å². The lowest BCUT2D eigenvalue weighted by molar-refractivity contribution is -0.142. The van der Waals surface area contributed by atoms with E-state index >= 15 is 0 Å². The van der Waals surface area contributed by atoms with Crippen LogP contribution in [-0.2, 0) is 4.79 Å². The minimum absolute atomic E-state index is 0.546. The number of carboxylic acid groups (broad SMARTS) is 1. The van der Waals surface area contributed by atoms with Crippen molar-refractivity contribution >= 4 is 11.7 Å². The Morgan fingerprint density at radius 1 is 1.56 bits per heavy atom. The van der Waals surface area contributed by atoms with Crippen LogP contribution in [0.3, 0.4) is 0 Å². The molecule has 0 saturated heterocycles. The zero-order valence-electron chi connectivity index (χ0n) is 10.8. The number of carbonyl (C=O) groups is 1. The summed E-state index contributed by atoms with van der Waals surface area (Å²) in [5.74, 6) is 0.459. The maximum absolute atomic E-state index is 11.4. The Morgan fingerprint density at radius 3 is 2.83 bits per heavy atom. The fourth-order valence-electron chi connectivity index (χ4n) is 2.11. The first-order chi connectivity index (χ1) is 8.53. The molecule has 1 saturated carbocycles. The summed E-state index contributed by atoms with van der Waals surface area (Å²) in [5.41, 5.74) is -0.132. The first-order valence-corrected chi connectivity index (χ1v) is 6.19. The van der Waals surface area contributed by atoms with Gasteiger partial charge in [-0.25, -0.2) is 4.79 Å². The van der Waals surface area contributed by atoms with E-state index in [1.165, 1.54) is 0 Å². The molecule has 0 aromatic heterocycles. The maximum atomic E-state index is 11.4. The number of hydrogen-bond acceptors (Lipinski definition) is 3. The highest BCUT2D eigenvalue weighted by molar-refractivity contribution is 5.82. The lowest BCUT2D eigenvalue weighted by Crippen LogP contribution is -2.43. The maximum Gasteiger partial charge on any atom is 0.329 e. The molecule has 0 radical (unpaired) electrons. The average molecular weight is 249 g/mol. The minimum atomic E-state index is -0.909. The second-order valence-electron chi connectivity index (χ2n) is 5.14. The molecule has 1 aliphatic rings. The number of ether oxygens (including phenoxy) is 1. The molecular weight excluding hydrogens is 230 g/mol. The van der Waals surface area contributed by atoms with Gasteiger partial charge >= 0.3 is 5.97 Å². The lowest BCUT2D eigenvalue weighted by atomic mass is 9.94. The van der Waals surface area contributed by atoms with E-state index in [0.29, 0.717) is 12.3 Å². The quantitative estimate of drug-likeness (QED) is 0.814. The molecule has 0 bridgehead atoms. The molecule has 1 aromatic rings. The van der Waals surface area contributed by atoms with E-state index in [2.05, 4.69) is 5.32 Å². The van der Waals surface area contributed by atoms with Crippen LogP contribution in [0.25, 0.3) is 0 Å². The zero-order valence-corrected chi connectivity index (χ0v) is 10.8. The third kappa shape index (κ3) is 2.94. The number of nitrogens with one attached hydrogen (secondary N) is 1. The number of carboxylic acids is 1. The third-order valence-corrected chi connectivity index (χ3v) is 3.36. The summed E-state index contributed by atoms with van der Waals surface area (Å²) in [5, 5.41) is 12.5. The Balaban J connectivity index is 2.14. The van der Waals surface area contributed by atoms with Gasteiger partial charge < -0.3 is 15.2 Å². The van der Waals surface area contributed by atoms with Crippen LogP contribution in [0.2, 0.25) is 0 Å². The van der Waals surface area contributed by atoms with Crippen LogP contribution in [0.15, 0.2) is 24.3 Å². The summed E-state index contributed by atoms with van der Waals surface area (Å²) in [6.45, 7) is 1.74. The monoisotopic (exact) mass is 249 g/mol. The largest absolute Gasteiger partial charge is 0.497 e. The van der Waals surface area contributed by atoms with Crippen LogP contribution in [-0.4, -0.2) is 23.7 Å². The Kier molecular flexibility index (Phi) is 3.45. The molecule has 1 unspecified atom stereocenters. The van der Waals surface area contributed by atoms with Crippen LogP contribution >= 0.6 is 0 Å². The molecule has 1 fully saturated rings. The van der Waals surface area contributed by atoms with Crippen LogP contribution < -0.4 is 10.1 Å². The van der Waals surface area contributed by atoms with E-state index in [4.69, 9.17) is 4.74 Å². The first-order valence-electron chi connectivity index (χ1n) is 6.19. The summed E-state index contributed by atoms with van der Waals surface area (Å²) < 4.78 is 5.14. The van der Waals surface area contributed by atoms with Gasteiger partial charge in [0.05, 0.1) is 7.11 Å². The molecule has 1 atom stereocenters. The molecular formula is C14H19NO3. The standard InChI is InChI=1S/C14H19NO3/c1-14(13(16)17,9-10-6-7-10)15-11-4-3-5-12(8-11)18-2/h3-5,8,10,15H,6-7,9H2,1-2H3,(H,16,17). The predicted octanol–water partition coefficient (Wildman–Crippen LogP) is 2.75. The van der Waals surface area contributed by atoms with E-state index < -0.39 is 11.5 Å². The van der Waals surface area contributed by atoms with Crippen LogP contribution in [0.4, 0.5) is 5.69 Å². The number of aliphatic carboxylic acids is 1. The fraction of sp³-hybridized carbons (Fsp3) is 0.500. The van der Waals surface area contributed by atoms with Gasteiger partial charge in [-0.1, -0.05) is 18.9 Å². The number of anilines is 1. The SMILES string of the molecule is COc1cccc(NC(C)(CC2CC2)C(=O)O)c1. The molecule has 0 heterocycles. The van der Waals surface area contributed by atoms with Gasteiger partial charge in [0.25, 0.3) is 0 Å². The smallest absolute Gasteiger partial charge is 0.329 e. The van der Waals surface area contributed by atoms with Crippen molar-refractivity contribution in [3.63, 3.8) is 0 Å².